The fourth-order valence-electron chi connectivity index (χ4n) is 8.00. The highest BCUT2D eigenvalue weighted by molar-refractivity contribution is 5.86. The Morgan fingerprint density at radius 3 is 2.82 bits per heavy atom. The number of ether oxygens (including phenoxy) is 4. The molecule has 2 fully saturated rings. The second kappa shape index (κ2) is 7.21. The molecule has 2 spiro atoms. The Morgan fingerprint density at radius 2 is 2.09 bits per heavy atom. The van der Waals surface area contributed by atoms with Gasteiger partial charge in [0.05, 0.1) is 25.0 Å². The molecule has 6 atom stereocenters. The maximum absolute atomic E-state index is 13.6. The van der Waals surface area contributed by atoms with Gasteiger partial charge in [-0.05, 0) is 51.4 Å². The minimum atomic E-state index is -0.945. The predicted octanol–water partition coefficient (Wildman–Crippen LogP) is 1.59. The number of carbonyl (C=O) groups excluding carboxylic acids is 2. The summed E-state index contributed by atoms with van der Waals surface area (Å²) in [5.41, 5.74) is 1.04. The van der Waals surface area contributed by atoms with Gasteiger partial charge in [0.1, 0.15) is 18.2 Å². The van der Waals surface area contributed by atoms with Gasteiger partial charge in [0.15, 0.2) is 11.5 Å². The van der Waals surface area contributed by atoms with Crippen LogP contribution < -0.4 is 14.8 Å². The van der Waals surface area contributed by atoms with Crippen molar-refractivity contribution in [1.29, 1.82) is 0 Å². The van der Waals surface area contributed by atoms with Crippen LogP contribution in [0.4, 0.5) is 0 Å². The summed E-state index contributed by atoms with van der Waals surface area (Å²) >= 11 is 0. The summed E-state index contributed by atoms with van der Waals surface area (Å²) in [5, 5.41) is 2.81. The van der Waals surface area contributed by atoms with E-state index in [-0.39, 0.29) is 42.0 Å². The average Bonchev–Trinajstić information content (AvgIpc) is 3.22. The van der Waals surface area contributed by atoms with Crippen molar-refractivity contribution in [3.63, 3.8) is 0 Å². The largest absolute Gasteiger partial charge is 0.493 e. The Bertz CT molecular complexity index is 1100. The number of esters is 1. The van der Waals surface area contributed by atoms with Crippen LogP contribution in [0, 0.1) is 11.3 Å². The Kier molecular flexibility index (Phi) is 4.65. The van der Waals surface area contributed by atoms with Crippen LogP contribution in [0.1, 0.15) is 30.9 Å². The third-order valence-corrected chi connectivity index (χ3v) is 9.31. The van der Waals surface area contributed by atoms with Crippen LogP contribution in [-0.4, -0.2) is 75.5 Å². The zero-order valence-electron chi connectivity index (χ0n) is 20.2. The minimum absolute atomic E-state index is 0.155. The van der Waals surface area contributed by atoms with Gasteiger partial charge in [-0.25, -0.2) is 0 Å². The summed E-state index contributed by atoms with van der Waals surface area (Å²) in [6, 6.07) is 4.42. The maximum atomic E-state index is 13.6. The van der Waals surface area contributed by atoms with Crippen LogP contribution in [0.2, 0.25) is 0 Å². The molecule has 7 rings (SSSR count). The molecule has 4 bridgehead atoms. The summed E-state index contributed by atoms with van der Waals surface area (Å²) in [7, 11) is 5.51. The molecule has 1 N–H and O–H groups in total. The molecule has 34 heavy (non-hydrogen) atoms. The summed E-state index contributed by atoms with van der Waals surface area (Å²) in [6.45, 7) is 2.83. The lowest BCUT2D eigenvalue weighted by Gasteiger charge is -2.70. The molecular formula is C26H32N2O6. The molecule has 1 saturated heterocycles. The van der Waals surface area contributed by atoms with Crippen LogP contribution in [0.3, 0.4) is 0 Å². The van der Waals surface area contributed by atoms with Gasteiger partial charge in [-0.1, -0.05) is 18.2 Å². The van der Waals surface area contributed by atoms with E-state index in [1.165, 1.54) is 11.1 Å². The van der Waals surface area contributed by atoms with Crippen LogP contribution >= 0.6 is 0 Å². The van der Waals surface area contributed by atoms with E-state index in [1.54, 1.807) is 21.1 Å². The van der Waals surface area contributed by atoms with Crippen molar-refractivity contribution in [2.24, 2.45) is 11.3 Å². The molecule has 1 aromatic rings. The first-order valence-electron chi connectivity index (χ1n) is 12.1. The zero-order chi connectivity index (χ0) is 23.9. The highest BCUT2D eigenvalue weighted by atomic mass is 16.6. The van der Waals surface area contributed by atoms with Crippen LogP contribution in [0.15, 0.2) is 24.3 Å². The lowest BCUT2D eigenvalue weighted by Crippen LogP contribution is -2.80. The number of amides is 1. The number of likely N-dealkylation sites (N-methyl/N-ethyl adjacent to an activating group) is 1. The van der Waals surface area contributed by atoms with E-state index in [9.17, 15) is 9.59 Å². The average molecular weight is 469 g/mol. The number of rotatable bonds is 6. The summed E-state index contributed by atoms with van der Waals surface area (Å²) in [4.78, 5) is 28.0. The number of carbonyl (C=O) groups is 2. The van der Waals surface area contributed by atoms with Gasteiger partial charge < -0.3 is 29.2 Å². The van der Waals surface area contributed by atoms with Crippen molar-refractivity contribution >= 4 is 11.9 Å². The highest BCUT2D eigenvalue weighted by Crippen LogP contribution is 2.74. The number of nitrogens with zero attached hydrogens (tertiary/aromatic N) is 1. The first-order chi connectivity index (χ1) is 16.4. The van der Waals surface area contributed by atoms with E-state index in [0.29, 0.717) is 6.42 Å². The second-order valence-electron chi connectivity index (χ2n) is 10.3. The van der Waals surface area contributed by atoms with E-state index in [1.807, 2.05) is 6.07 Å². The molecule has 1 aromatic carbocycles. The number of hydrogen-bond acceptors (Lipinski definition) is 7. The number of methoxy groups -OCH3 is 2. The Labute approximate surface area is 199 Å². The standard InChI is InChI=1S/C26H32N2O6/c1-5-33-19(29)14-27-22(30)16-13-24-8-9-26(16,32-4)23-25(24)10-11-28(2)18(24)12-15-6-7-17(31-3)21(34-23)20(15)25/h6-9,16,18,23H,5,10-14H2,1-4H3,(H,27,30). The molecule has 182 valence electrons. The molecule has 6 unspecified atom stereocenters. The quantitative estimate of drug-likeness (QED) is 0.501. The molecule has 2 aliphatic heterocycles. The summed E-state index contributed by atoms with van der Waals surface area (Å²) in [6.07, 6.45) is 6.49. The lowest BCUT2D eigenvalue weighted by molar-refractivity contribution is -0.213. The van der Waals surface area contributed by atoms with Gasteiger partial charge >= 0.3 is 5.97 Å². The third kappa shape index (κ3) is 2.36. The van der Waals surface area contributed by atoms with Crippen molar-refractivity contribution in [3.8, 4) is 11.5 Å². The van der Waals surface area contributed by atoms with E-state index in [4.69, 9.17) is 18.9 Å². The minimum Gasteiger partial charge on any atom is -0.493 e. The van der Waals surface area contributed by atoms with E-state index < -0.39 is 17.5 Å². The fraction of sp³-hybridized carbons (Fsp3) is 0.615. The summed E-state index contributed by atoms with van der Waals surface area (Å²) < 4.78 is 23.8. The van der Waals surface area contributed by atoms with Gasteiger partial charge in [-0.2, -0.15) is 0 Å². The van der Waals surface area contributed by atoms with Gasteiger partial charge in [0, 0.05) is 24.1 Å². The zero-order valence-corrected chi connectivity index (χ0v) is 20.2. The molecular weight excluding hydrogens is 436 g/mol. The van der Waals surface area contributed by atoms with Gasteiger partial charge in [0.2, 0.25) is 5.91 Å². The van der Waals surface area contributed by atoms with Gasteiger partial charge in [0.25, 0.3) is 0 Å². The van der Waals surface area contributed by atoms with Crippen molar-refractivity contribution in [3.05, 3.63) is 35.4 Å². The molecule has 4 aliphatic carbocycles. The number of fused-ring (bicyclic) bond motifs is 1. The van der Waals surface area contributed by atoms with Crippen LogP contribution in [0.25, 0.3) is 0 Å². The van der Waals surface area contributed by atoms with E-state index >= 15 is 0 Å². The van der Waals surface area contributed by atoms with Crippen LogP contribution in [0.5, 0.6) is 11.5 Å². The first-order valence-corrected chi connectivity index (χ1v) is 12.1. The number of piperidine rings is 1. The Balaban J connectivity index is 1.50. The fourth-order valence-corrected chi connectivity index (χ4v) is 8.00. The van der Waals surface area contributed by atoms with Gasteiger partial charge in [-0.3, -0.25) is 9.59 Å². The molecule has 0 radical (unpaired) electrons. The highest BCUT2D eigenvalue weighted by Gasteiger charge is 2.79. The van der Waals surface area contributed by atoms with Crippen LogP contribution in [-0.2, 0) is 30.9 Å². The molecule has 2 heterocycles. The number of benzene rings is 1. The Morgan fingerprint density at radius 1 is 1.26 bits per heavy atom. The third-order valence-electron chi connectivity index (χ3n) is 9.31. The topological polar surface area (TPSA) is 86.3 Å². The molecule has 1 amide bonds. The molecule has 1 saturated carbocycles. The monoisotopic (exact) mass is 468 g/mol. The SMILES string of the molecule is CCOC(=O)CNC(=O)C1CC23C=CC1(OC)C1Oc4c(OC)ccc5c4C12CCN(C)C3C5. The lowest BCUT2D eigenvalue weighted by atomic mass is 9.37. The second-order valence-corrected chi connectivity index (χ2v) is 10.3. The van der Waals surface area contributed by atoms with Crippen molar-refractivity contribution in [1.82, 2.24) is 10.2 Å². The number of hydrogen-bond donors (Lipinski definition) is 1. The van der Waals surface area contributed by atoms with Gasteiger partial charge in [-0.15, -0.1) is 0 Å². The molecule has 0 aromatic heterocycles. The smallest absolute Gasteiger partial charge is 0.325 e. The van der Waals surface area contributed by atoms with Crippen molar-refractivity contribution < 1.29 is 28.5 Å². The van der Waals surface area contributed by atoms with E-state index in [0.717, 1.165) is 30.9 Å². The maximum Gasteiger partial charge on any atom is 0.325 e. The number of likely N-dealkylation sites (tertiary alicyclic amines) is 1. The molecule has 8 nitrogen and oxygen atoms in total. The molecule has 8 heteroatoms. The number of nitrogens with one attached hydrogen (secondary N) is 1. The normalized spacial score (nSPS) is 38.2. The van der Waals surface area contributed by atoms with Crippen molar-refractivity contribution in [2.75, 3.05) is 41.0 Å². The van der Waals surface area contributed by atoms with E-state index in [2.05, 4.69) is 35.5 Å². The first kappa shape index (κ1) is 21.9. The molecule has 6 aliphatic rings. The summed E-state index contributed by atoms with van der Waals surface area (Å²) in [5.74, 6) is 0.387. The van der Waals surface area contributed by atoms with Crippen molar-refractivity contribution in [2.45, 2.75) is 49.3 Å². The predicted molar refractivity (Wildman–Crippen MR) is 123 cm³/mol. The Hall–Kier alpha value is -2.58.